The normalized spacial score (nSPS) is 18.2. The highest BCUT2D eigenvalue weighted by molar-refractivity contribution is 6.30. The predicted molar refractivity (Wildman–Crippen MR) is 61.9 cm³/mol. The number of nitrogens with one attached hydrogen (secondary N) is 1. The van der Waals surface area contributed by atoms with Crippen molar-refractivity contribution < 1.29 is 9.50 Å². The van der Waals surface area contributed by atoms with Crippen LogP contribution < -0.4 is 5.32 Å². The molecule has 0 heterocycles. The fourth-order valence-corrected chi connectivity index (χ4v) is 2.14. The summed E-state index contributed by atoms with van der Waals surface area (Å²) < 4.78 is 12.9. The molecule has 1 aromatic rings. The van der Waals surface area contributed by atoms with Crippen molar-refractivity contribution in [2.75, 3.05) is 6.61 Å². The zero-order chi connectivity index (χ0) is 11.6. The Morgan fingerprint density at radius 1 is 1.44 bits per heavy atom. The van der Waals surface area contributed by atoms with Crippen LogP contribution in [0.15, 0.2) is 18.2 Å². The minimum Gasteiger partial charge on any atom is -0.394 e. The Kier molecular flexibility index (Phi) is 3.47. The van der Waals surface area contributed by atoms with Gasteiger partial charge >= 0.3 is 0 Å². The first-order valence-electron chi connectivity index (χ1n) is 5.45. The number of halogens is 2. The van der Waals surface area contributed by atoms with Gasteiger partial charge < -0.3 is 10.4 Å². The Balaban J connectivity index is 1.96. The van der Waals surface area contributed by atoms with E-state index >= 15 is 0 Å². The van der Waals surface area contributed by atoms with Gasteiger partial charge in [0.05, 0.1) is 11.6 Å². The second-order valence-electron chi connectivity index (χ2n) is 4.39. The van der Waals surface area contributed by atoms with Crippen LogP contribution in [0.5, 0.6) is 0 Å². The second kappa shape index (κ2) is 4.70. The van der Waals surface area contributed by atoms with Gasteiger partial charge in [0.15, 0.2) is 0 Å². The van der Waals surface area contributed by atoms with Gasteiger partial charge in [-0.1, -0.05) is 17.7 Å². The van der Waals surface area contributed by atoms with E-state index in [1.807, 2.05) is 0 Å². The molecule has 4 heteroatoms. The molecular formula is C12H15ClFNO. The zero-order valence-corrected chi connectivity index (χ0v) is 9.73. The Hall–Kier alpha value is -0.640. The number of hydrogen-bond donors (Lipinski definition) is 2. The summed E-state index contributed by atoms with van der Waals surface area (Å²) in [5, 5.41) is 12.7. The topological polar surface area (TPSA) is 32.3 Å². The summed E-state index contributed by atoms with van der Waals surface area (Å²) in [7, 11) is 0. The number of hydrogen-bond acceptors (Lipinski definition) is 2. The third kappa shape index (κ3) is 2.37. The molecule has 0 bridgehead atoms. The van der Waals surface area contributed by atoms with Crippen LogP contribution in [0.4, 0.5) is 4.39 Å². The lowest BCUT2D eigenvalue weighted by molar-refractivity contribution is 0.0872. The molecule has 88 valence electrons. The lowest BCUT2D eigenvalue weighted by Gasteiger charge is -2.41. The summed E-state index contributed by atoms with van der Waals surface area (Å²) >= 11 is 5.69. The third-order valence-electron chi connectivity index (χ3n) is 3.26. The minimum absolute atomic E-state index is 0.124. The van der Waals surface area contributed by atoms with Gasteiger partial charge in [0.1, 0.15) is 5.82 Å². The van der Waals surface area contributed by atoms with Crippen LogP contribution in [0.1, 0.15) is 24.8 Å². The third-order valence-corrected chi connectivity index (χ3v) is 3.55. The molecule has 0 atom stereocenters. The van der Waals surface area contributed by atoms with E-state index in [1.54, 1.807) is 12.1 Å². The van der Waals surface area contributed by atoms with Crippen molar-refractivity contribution in [1.82, 2.24) is 5.32 Å². The molecule has 2 rings (SSSR count). The van der Waals surface area contributed by atoms with Gasteiger partial charge in [0.25, 0.3) is 0 Å². The van der Waals surface area contributed by atoms with Crippen molar-refractivity contribution in [3.8, 4) is 0 Å². The van der Waals surface area contributed by atoms with E-state index in [0.29, 0.717) is 6.54 Å². The molecule has 1 saturated carbocycles. The molecule has 0 amide bonds. The van der Waals surface area contributed by atoms with E-state index in [9.17, 15) is 9.50 Å². The summed E-state index contributed by atoms with van der Waals surface area (Å²) in [6.45, 7) is 0.766. The largest absolute Gasteiger partial charge is 0.394 e. The summed E-state index contributed by atoms with van der Waals surface area (Å²) in [4.78, 5) is 0. The molecule has 0 radical (unpaired) electrons. The average Bonchev–Trinajstić information content (AvgIpc) is 2.22. The first-order valence-corrected chi connectivity index (χ1v) is 5.83. The quantitative estimate of drug-likeness (QED) is 0.852. The number of aliphatic hydroxyl groups excluding tert-OH is 1. The molecule has 0 spiro atoms. The van der Waals surface area contributed by atoms with Crippen LogP contribution >= 0.6 is 11.6 Å². The molecule has 0 aromatic heterocycles. The molecular weight excluding hydrogens is 229 g/mol. The van der Waals surface area contributed by atoms with E-state index in [1.165, 1.54) is 6.07 Å². The van der Waals surface area contributed by atoms with Crippen LogP contribution in [-0.2, 0) is 6.54 Å². The van der Waals surface area contributed by atoms with Crippen molar-refractivity contribution in [3.63, 3.8) is 0 Å². The highest BCUT2D eigenvalue weighted by Gasteiger charge is 2.35. The van der Waals surface area contributed by atoms with Gasteiger partial charge in [-0.05, 0) is 37.0 Å². The lowest BCUT2D eigenvalue weighted by Crippen LogP contribution is -2.53. The molecule has 2 N–H and O–H groups in total. The van der Waals surface area contributed by atoms with Crippen LogP contribution in [0.3, 0.4) is 0 Å². The monoisotopic (exact) mass is 243 g/mol. The number of benzene rings is 1. The Bertz CT molecular complexity index is 374. The predicted octanol–water partition coefficient (Wildman–Crippen LogP) is 2.48. The minimum atomic E-state index is -0.397. The fraction of sp³-hybridized carbons (Fsp3) is 0.500. The van der Waals surface area contributed by atoms with Crippen molar-refractivity contribution in [3.05, 3.63) is 34.6 Å². The van der Waals surface area contributed by atoms with Gasteiger partial charge in [-0.2, -0.15) is 0 Å². The van der Waals surface area contributed by atoms with E-state index in [4.69, 9.17) is 11.6 Å². The number of rotatable bonds is 4. The van der Waals surface area contributed by atoms with E-state index in [-0.39, 0.29) is 17.2 Å². The average molecular weight is 244 g/mol. The van der Waals surface area contributed by atoms with E-state index < -0.39 is 5.82 Å². The second-order valence-corrected chi connectivity index (χ2v) is 4.80. The summed E-state index contributed by atoms with van der Waals surface area (Å²) in [6.07, 6.45) is 3.15. The first kappa shape index (κ1) is 11.8. The van der Waals surface area contributed by atoms with Crippen LogP contribution in [0, 0.1) is 5.82 Å². The lowest BCUT2D eigenvalue weighted by atomic mass is 9.77. The summed E-state index contributed by atoms with van der Waals surface area (Å²) in [6, 6.07) is 4.69. The molecule has 1 aromatic carbocycles. The van der Waals surface area contributed by atoms with Crippen molar-refractivity contribution in [2.24, 2.45) is 0 Å². The SMILES string of the molecule is OCC1(NCc2ccc(F)c(Cl)c2)CCC1. The van der Waals surface area contributed by atoms with Gasteiger partial charge in [-0.15, -0.1) is 0 Å². The Labute approximate surface area is 99.4 Å². The number of aliphatic hydroxyl groups is 1. The molecule has 0 aliphatic heterocycles. The molecule has 2 nitrogen and oxygen atoms in total. The smallest absolute Gasteiger partial charge is 0.141 e. The maximum absolute atomic E-state index is 12.9. The summed E-state index contributed by atoms with van der Waals surface area (Å²) in [5.74, 6) is -0.397. The molecule has 1 aliphatic carbocycles. The Morgan fingerprint density at radius 2 is 2.19 bits per heavy atom. The van der Waals surface area contributed by atoms with Gasteiger partial charge in [0.2, 0.25) is 0 Å². The van der Waals surface area contributed by atoms with Crippen molar-refractivity contribution in [2.45, 2.75) is 31.3 Å². The van der Waals surface area contributed by atoms with Crippen LogP contribution in [-0.4, -0.2) is 17.3 Å². The fourth-order valence-electron chi connectivity index (χ4n) is 1.93. The van der Waals surface area contributed by atoms with Crippen LogP contribution in [0.25, 0.3) is 0 Å². The molecule has 16 heavy (non-hydrogen) atoms. The van der Waals surface area contributed by atoms with E-state index in [0.717, 1.165) is 24.8 Å². The van der Waals surface area contributed by atoms with Gasteiger partial charge in [0, 0.05) is 12.1 Å². The van der Waals surface area contributed by atoms with Crippen molar-refractivity contribution in [1.29, 1.82) is 0 Å². The molecule has 0 saturated heterocycles. The van der Waals surface area contributed by atoms with Gasteiger partial charge in [-0.3, -0.25) is 0 Å². The van der Waals surface area contributed by atoms with E-state index in [2.05, 4.69) is 5.32 Å². The maximum atomic E-state index is 12.9. The zero-order valence-electron chi connectivity index (χ0n) is 8.97. The first-order chi connectivity index (χ1) is 7.65. The molecule has 0 unspecified atom stereocenters. The maximum Gasteiger partial charge on any atom is 0.141 e. The highest BCUT2D eigenvalue weighted by Crippen LogP contribution is 2.31. The van der Waals surface area contributed by atoms with Gasteiger partial charge in [-0.25, -0.2) is 4.39 Å². The Morgan fingerprint density at radius 3 is 2.69 bits per heavy atom. The van der Waals surface area contributed by atoms with Crippen molar-refractivity contribution >= 4 is 11.6 Å². The summed E-state index contributed by atoms with van der Waals surface area (Å²) in [5.41, 5.74) is 0.812. The highest BCUT2D eigenvalue weighted by atomic mass is 35.5. The molecule has 1 fully saturated rings. The molecule has 1 aliphatic rings. The van der Waals surface area contributed by atoms with Crippen LogP contribution in [0.2, 0.25) is 5.02 Å². The standard InChI is InChI=1S/C12H15ClFNO/c13-10-6-9(2-3-11(10)14)7-15-12(8-16)4-1-5-12/h2-3,6,15-16H,1,4-5,7-8H2.